The van der Waals surface area contributed by atoms with E-state index in [1.807, 2.05) is 0 Å². The Hall–Kier alpha value is -0.860. The molecule has 0 saturated heterocycles. The molecule has 0 amide bonds. The molecule has 0 atom stereocenters. The number of hydrogen-bond donors (Lipinski definition) is 0. The van der Waals surface area contributed by atoms with Crippen LogP contribution in [0.3, 0.4) is 0 Å². The predicted molar refractivity (Wildman–Crippen MR) is 253 cm³/mol. The number of ether oxygens (including phenoxy) is 1. The van der Waals surface area contributed by atoms with Crippen LogP contribution in [0.25, 0.3) is 0 Å². The Labute approximate surface area is 360 Å². The van der Waals surface area contributed by atoms with Gasteiger partial charge in [0.05, 0.1) is 0 Å². The Morgan fingerprint density at radius 2 is 0.456 bits per heavy atom. The molecule has 0 aliphatic carbocycles. The quantitative estimate of drug-likeness (QED) is 0.0350. The Kier molecular flexibility index (Phi) is 48.8. The van der Waals surface area contributed by atoms with Gasteiger partial charge >= 0.3 is 11.9 Å². The highest BCUT2D eigenvalue weighted by Gasteiger charge is 2.10. The van der Waals surface area contributed by atoms with E-state index in [9.17, 15) is 9.59 Å². The smallest absolute Gasteiger partial charge is 0.313 e. The Balaban J connectivity index is 3.21. The van der Waals surface area contributed by atoms with E-state index < -0.39 is 0 Å². The van der Waals surface area contributed by atoms with Crippen LogP contribution in [-0.2, 0) is 14.3 Å². The Morgan fingerprint density at radius 3 is 0.649 bits per heavy atom. The first-order chi connectivity index (χ1) is 28.1. The molecule has 0 N–H and O–H groups in total. The van der Waals surface area contributed by atoms with Gasteiger partial charge in [-0.25, -0.2) is 0 Å². The molecule has 0 fully saturated rings. The molecule has 0 rings (SSSR count). The SMILES string of the molecule is CCCCCCCCCCCCCCCCCC(=O)OC(=O)CCCCCCCCCCCCCCCCCCCCCCCCCCCCCCCCC(C)C. The van der Waals surface area contributed by atoms with Gasteiger partial charge < -0.3 is 4.74 Å². The molecule has 3 nitrogen and oxygen atoms in total. The van der Waals surface area contributed by atoms with E-state index in [1.165, 1.54) is 270 Å². The zero-order valence-corrected chi connectivity index (χ0v) is 39.7. The summed E-state index contributed by atoms with van der Waals surface area (Å²) in [7, 11) is 0. The molecular formula is C54H106O3. The van der Waals surface area contributed by atoms with Crippen LogP contribution < -0.4 is 0 Å². The largest absolute Gasteiger partial charge is 0.393 e. The molecule has 0 aromatic heterocycles. The predicted octanol–water partition coefficient (Wildman–Crippen LogP) is 19.5. The van der Waals surface area contributed by atoms with Crippen LogP contribution in [0.1, 0.15) is 329 Å². The third-order valence-electron chi connectivity index (χ3n) is 12.6. The van der Waals surface area contributed by atoms with Crippen molar-refractivity contribution in [2.75, 3.05) is 0 Å². The number of hydrogen-bond acceptors (Lipinski definition) is 3. The average molecular weight is 803 g/mol. The van der Waals surface area contributed by atoms with Crippen LogP contribution in [0.4, 0.5) is 0 Å². The van der Waals surface area contributed by atoms with Gasteiger partial charge in [0.1, 0.15) is 0 Å². The van der Waals surface area contributed by atoms with Crippen LogP contribution in [0, 0.1) is 5.92 Å². The molecule has 3 heteroatoms. The summed E-state index contributed by atoms with van der Waals surface area (Å²) in [5.74, 6) is 0.248. The minimum absolute atomic E-state index is 0.318. The van der Waals surface area contributed by atoms with Crippen molar-refractivity contribution < 1.29 is 14.3 Å². The van der Waals surface area contributed by atoms with Crippen molar-refractivity contribution in [2.45, 2.75) is 329 Å². The molecule has 0 aliphatic rings. The van der Waals surface area contributed by atoms with Crippen molar-refractivity contribution in [3.63, 3.8) is 0 Å². The number of carbonyl (C=O) groups excluding carboxylic acids is 2. The van der Waals surface area contributed by atoms with Gasteiger partial charge in [-0.3, -0.25) is 9.59 Å². The van der Waals surface area contributed by atoms with E-state index in [-0.39, 0.29) is 11.9 Å². The normalized spacial score (nSPS) is 11.6. The van der Waals surface area contributed by atoms with Crippen molar-refractivity contribution in [1.82, 2.24) is 0 Å². The lowest BCUT2D eigenvalue weighted by atomic mass is 10.0. The lowest BCUT2D eigenvalue weighted by Gasteiger charge is -2.05. The molecule has 0 bridgehead atoms. The maximum Gasteiger partial charge on any atom is 0.313 e. The number of esters is 2. The first-order valence-electron chi connectivity index (χ1n) is 26.8. The minimum atomic E-state index is -0.319. The van der Waals surface area contributed by atoms with E-state index in [0.29, 0.717) is 12.8 Å². The lowest BCUT2D eigenvalue weighted by Crippen LogP contribution is -2.11. The third-order valence-corrected chi connectivity index (χ3v) is 12.6. The van der Waals surface area contributed by atoms with E-state index in [2.05, 4.69) is 20.8 Å². The second-order valence-electron chi connectivity index (χ2n) is 19.1. The van der Waals surface area contributed by atoms with Gasteiger partial charge in [-0.1, -0.05) is 303 Å². The maximum atomic E-state index is 12.0. The molecular weight excluding hydrogens is 697 g/mol. The summed E-state index contributed by atoms with van der Waals surface area (Å²) in [5, 5.41) is 0. The molecule has 0 heterocycles. The zero-order chi connectivity index (χ0) is 41.4. The Bertz CT molecular complexity index is 775. The lowest BCUT2D eigenvalue weighted by molar-refractivity contribution is -0.159. The van der Waals surface area contributed by atoms with Gasteiger partial charge in [-0.05, 0) is 18.8 Å². The minimum Gasteiger partial charge on any atom is -0.393 e. The van der Waals surface area contributed by atoms with Crippen LogP contribution in [0.15, 0.2) is 0 Å². The van der Waals surface area contributed by atoms with Crippen molar-refractivity contribution in [3.05, 3.63) is 0 Å². The van der Waals surface area contributed by atoms with E-state index in [1.54, 1.807) is 0 Å². The van der Waals surface area contributed by atoms with Gasteiger partial charge in [0, 0.05) is 12.8 Å². The van der Waals surface area contributed by atoms with Crippen molar-refractivity contribution in [1.29, 1.82) is 0 Å². The van der Waals surface area contributed by atoms with Crippen LogP contribution >= 0.6 is 0 Å². The first kappa shape index (κ1) is 56.1. The summed E-state index contributed by atoms with van der Waals surface area (Å²) in [5.41, 5.74) is 0. The molecule has 0 aromatic carbocycles. The fraction of sp³-hybridized carbons (Fsp3) is 0.963. The maximum absolute atomic E-state index is 12.0. The molecule has 57 heavy (non-hydrogen) atoms. The fourth-order valence-electron chi connectivity index (χ4n) is 8.64. The summed E-state index contributed by atoms with van der Waals surface area (Å²) in [6, 6.07) is 0. The monoisotopic (exact) mass is 803 g/mol. The van der Waals surface area contributed by atoms with E-state index in [0.717, 1.165) is 31.6 Å². The molecule has 0 spiro atoms. The highest BCUT2D eigenvalue weighted by molar-refractivity contribution is 5.85. The highest BCUT2D eigenvalue weighted by atomic mass is 16.6. The molecule has 0 aliphatic heterocycles. The van der Waals surface area contributed by atoms with E-state index in [4.69, 9.17) is 4.74 Å². The topological polar surface area (TPSA) is 43.4 Å². The van der Waals surface area contributed by atoms with Gasteiger partial charge in [0.25, 0.3) is 0 Å². The molecule has 0 aromatic rings. The van der Waals surface area contributed by atoms with Crippen molar-refractivity contribution in [3.8, 4) is 0 Å². The summed E-state index contributed by atoms with van der Waals surface area (Å²) >= 11 is 0. The number of unbranched alkanes of at least 4 members (excludes halogenated alkanes) is 43. The summed E-state index contributed by atoms with van der Waals surface area (Å²) in [6.07, 6.45) is 63.8. The summed E-state index contributed by atoms with van der Waals surface area (Å²) in [6.45, 7) is 6.97. The summed E-state index contributed by atoms with van der Waals surface area (Å²) < 4.78 is 5.06. The van der Waals surface area contributed by atoms with Crippen LogP contribution in [0.2, 0.25) is 0 Å². The van der Waals surface area contributed by atoms with Gasteiger partial charge in [-0.2, -0.15) is 0 Å². The third kappa shape index (κ3) is 51.2. The standard InChI is InChI=1S/C54H106O3/c1-4-5-6-7-8-9-10-11-28-32-35-38-41-44-47-50-53(55)57-54(56)51-48-45-42-39-36-33-30-27-25-23-21-19-17-15-13-12-14-16-18-20-22-24-26-29-31-34-37-40-43-46-49-52(2)3/h52H,4-51H2,1-3H3. The second-order valence-corrected chi connectivity index (χ2v) is 19.1. The second kappa shape index (κ2) is 49.5. The number of rotatable bonds is 49. The van der Waals surface area contributed by atoms with Crippen LogP contribution in [0.5, 0.6) is 0 Å². The van der Waals surface area contributed by atoms with Crippen molar-refractivity contribution >= 4 is 11.9 Å². The number of carbonyl (C=O) groups is 2. The van der Waals surface area contributed by atoms with Crippen molar-refractivity contribution in [2.24, 2.45) is 5.92 Å². The molecule has 0 radical (unpaired) electrons. The zero-order valence-electron chi connectivity index (χ0n) is 39.7. The summed E-state index contributed by atoms with van der Waals surface area (Å²) in [4.78, 5) is 24.1. The van der Waals surface area contributed by atoms with Gasteiger partial charge in [0.15, 0.2) is 0 Å². The fourth-order valence-corrected chi connectivity index (χ4v) is 8.64. The van der Waals surface area contributed by atoms with Crippen LogP contribution in [-0.4, -0.2) is 11.9 Å². The van der Waals surface area contributed by atoms with Gasteiger partial charge in [0.2, 0.25) is 0 Å². The molecule has 0 unspecified atom stereocenters. The van der Waals surface area contributed by atoms with E-state index >= 15 is 0 Å². The highest BCUT2D eigenvalue weighted by Crippen LogP contribution is 2.18. The molecule has 340 valence electrons. The molecule has 0 saturated carbocycles. The average Bonchev–Trinajstić information content (AvgIpc) is 3.19. The first-order valence-corrected chi connectivity index (χ1v) is 26.8. The van der Waals surface area contributed by atoms with Gasteiger partial charge in [-0.15, -0.1) is 0 Å². The Morgan fingerprint density at radius 1 is 0.281 bits per heavy atom.